The molecule has 3 N–H and O–H groups in total. The minimum absolute atomic E-state index is 0.000431. The Hall–Kier alpha value is -1.14. The SMILES string of the molecule is CC(C)(C)c1ccccc1OC[C@@H](O)CN(CCO)CCO. The molecule has 0 aliphatic rings. The summed E-state index contributed by atoms with van der Waals surface area (Å²) in [6, 6.07) is 7.84. The zero-order valence-corrected chi connectivity index (χ0v) is 13.8. The van der Waals surface area contributed by atoms with Crippen LogP contribution in [0.4, 0.5) is 0 Å². The largest absolute Gasteiger partial charge is 0.491 e. The van der Waals surface area contributed by atoms with Crippen molar-refractivity contribution in [1.29, 1.82) is 0 Å². The highest BCUT2D eigenvalue weighted by Gasteiger charge is 2.19. The minimum Gasteiger partial charge on any atom is -0.491 e. The average Bonchev–Trinajstić information content (AvgIpc) is 2.45. The van der Waals surface area contributed by atoms with Gasteiger partial charge >= 0.3 is 0 Å². The normalized spacial score (nSPS) is 13.4. The third-order valence-electron chi connectivity index (χ3n) is 3.43. The van der Waals surface area contributed by atoms with E-state index in [-0.39, 0.29) is 25.2 Å². The number of benzene rings is 1. The van der Waals surface area contributed by atoms with Crippen molar-refractivity contribution in [3.8, 4) is 5.75 Å². The Balaban J connectivity index is 2.59. The van der Waals surface area contributed by atoms with Crippen LogP contribution in [0.15, 0.2) is 24.3 Å². The molecule has 0 bridgehead atoms. The van der Waals surface area contributed by atoms with Gasteiger partial charge in [-0.3, -0.25) is 4.90 Å². The van der Waals surface area contributed by atoms with Crippen LogP contribution in [0.3, 0.4) is 0 Å². The van der Waals surface area contributed by atoms with Gasteiger partial charge in [0.05, 0.1) is 13.2 Å². The number of hydrogen-bond acceptors (Lipinski definition) is 5. The summed E-state index contributed by atoms with van der Waals surface area (Å²) < 4.78 is 5.78. The number of nitrogens with zero attached hydrogens (tertiary/aromatic N) is 1. The van der Waals surface area contributed by atoms with E-state index < -0.39 is 6.10 Å². The van der Waals surface area contributed by atoms with Crippen molar-refractivity contribution in [2.45, 2.75) is 32.3 Å². The monoisotopic (exact) mass is 311 g/mol. The van der Waals surface area contributed by atoms with E-state index in [1.54, 1.807) is 0 Å². The second kappa shape index (κ2) is 9.10. The summed E-state index contributed by atoms with van der Waals surface area (Å²) in [5.74, 6) is 0.782. The van der Waals surface area contributed by atoms with Gasteiger partial charge in [0.15, 0.2) is 0 Å². The first kappa shape index (κ1) is 18.9. The fourth-order valence-electron chi connectivity index (χ4n) is 2.33. The summed E-state index contributed by atoms with van der Waals surface area (Å²) in [5.41, 5.74) is 1.08. The first-order valence-corrected chi connectivity index (χ1v) is 7.73. The van der Waals surface area contributed by atoms with E-state index in [1.165, 1.54) is 0 Å². The maximum atomic E-state index is 10.1. The molecule has 1 aromatic rings. The molecule has 0 radical (unpaired) electrons. The molecule has 5 heteroatoms. The van der Waals surface area contributed by atoms with Gasteiger partial charge in [0.1, 0.15) is 18.5 Å². The molecule has 1 rings (SSSR count). The van der Waals surface area contributed by atoms with E-state index in [4.69, 9.17) is 14.9 Å². The predicted octanol–water partition coefficient (Wildman–Crippen LogP) is 1.01. The highest BCUT2D eigenvalue weighted by molar-refractivity contribution is 5.38. The van der Waals surface area contributed by atoms with E-state index in [1.807, 2.05) is 29.2 Å². The van der Waals surface area contributed by atoms with Crippen LogP contribution in [-0.2, 0) is 5.41 Å². The van der Waals surface area contributed by atoms with Gasteiger partial charge < -0.3 is 20.1 Å². The molecular weight excluding hydrogens is 282 g/mol. The Morgan fingerprint density at radius 2 is 1.68 bits per heavy atom. The molecule has 22 heavy (non-hydrogen) atoms. The maximum Gasteiger partial charge on any atom is 0.123 e. The quantitative estimate of drug-likeness (QED) is 0.635. The number of rotatable bonds is 9. The molecule has 126 valence electrons. The zero-order chi connectivity index (χ0) is 16.6. The van der Waals surface area contributed by atoms with Crippen molar-refractivity contribution in [2.24, 2.45) is 0 Å². The van der Waals surface area contributed by atoms with Gasteiger partial charge in [-0.05, 0) is 17.0 Å². The molecule has 0 saturated heterocycles. The highest BCUT2D eigenvalue weighted by atomic mass is 16.5. The van der Waals surface area contributed by atoms with Gasteiger partial charge in [-0.2, -0.15) is 0 Å². The number of para-hydroxylation sites is 1. The molecule has 0 spiro atoms. The second-order valence-electron chi connectivity index (χ2n) is 6.46. The zero-order valence-electron chi connectivity index (χ0n) is 13.8. The van der Waals surface area contributed by atoms with E-state index in [0.29, 0.717) is 19.6 Å². The van der Waals surface area contributed by atoms with Gasteiger partial charge in [-0.15, -0.1) is 0 Å². The Kier molecular flexibility index (Phi) is 7.82. The lowest BCUT2D eigenvalue weighted by Gasteiger charge is -2.25. The van der Waals surface area contributed by atoms with E-state index in [2.05, 4.69) is 20.8 Å². The molecule has 5 nitrogen and oxygen atoms in total. The third kappa shape index (κ3) is 6.32. The Labute approximate surface area is 133 Å². The molecule has 0 amide bonds. The fraction of sp³-hybridized carbons (Fsp3) is 0.647. The van der Waals surface area contributed by atoms with E-state index in [0.717, 1.165) is 11.3 Å². The minimum atomic E-state index is -0.675. The lowest BCUT2D eigenvalue weighted by molar-refractivity contribution is 0.0547. The molecule has 1 atom stereocenters. The third-order valence-corrected chi connectivity index (χ3v) is 3.43. The van der Waals surface area contributed by atoms with Crippen molar-refractivity contribution < 1.29 is 20.1 Å². The fourth-order valence-corrected chi connectivity index (χ4v) is 2.33. The van der Waals surface area contributed by atoms with Crippen LogP contribution in [0.25, 0.3) is 0 Å². The van der Waals surface area contributed by atoms with Gasteiger partial charge in [0.25, 0.3) is 0 Å². The smallest absolute Gasteiger partial charge is 0.123 e. The van der Waals surface area contributed by atoms with Crippen LogP contribution in [0.2, 0.25) is 0 Å². The summed E-state index contributed by atoms with van der Waals surface area (Å²) in [7, 11) is 0. The Morgan fingerprint density at radius 3 is 2.23 bits per heavy atom. The lowest BCUT2D eigenvalue weighted by atomic mass is 9.86. The maximum absolute atomic E-state index is 10.1. The molecule has 0 aliphatic heterocycles. The highest BCUT2D eigenvalue weighted by Crippen LogP contribution is 2.30. The van der Waals surface area contributed by atoms with Crippen molar-refractivity contribution in [2.75, 3.05) is 39.5 Å². The number of aliphatic hydroxyl groups is 3. The van der Waals surface area contributed by atoms with Crippen LogP contribution in [0.5, 0.6) is 5.75 Å². The summed E-state index contributed by atoms with van der Waals surface area (Å²) in [6.07, 6.45) is -0.675. The van der Waals surface area contributed by atoms with Gasteiger partial charge in [-0.25, -0.2) is 0 Å². The van der Waals surface area contributed by atoms with E-state index in [9.17, 15) is 5.11 Å². The van der Waals surface area contributed by atoms with Gasteiger partial charge in [0.2, 0.25) is 0 Å². The standard InChI is InChI=1S/C17H29NO4/c1-17(2,3)15-6-4-5-7-16(15)22-13-14(21)12-18(8-10-19)9-11-20/h4-7,14,19-21H,8-13H2,1-3H3/t14-/m0/s1. The predicted molar refractivity (Wildman–Crippen MR) is 87.3 cm³/mol. The molecule has 1 aromatic carbocycles. The average molecular weight is 311 g/mol. The summed E-state index contributed by atoms with van der Waals surface area (Å²) >= 11 is 0. The Bertz CT molecular complexity index is 425. The second-order valence-corrected chi connectivity index (χ2v) is 6.46. The molecule has 0 unspecified atom stereocenters. The molecule has 0 fully saturated rings. The molecular formula is C17H29NO4. The summed E-state index contributed by atoms with van der Waals surface area (Å²) in [4.78, 5) is 1.81. The lowest BCUT2D eigenvalue weighted by Crippen LogP contribution is -2.39. The van der Waals surface area contributed by atoms with Crippen molar-refractivity contribution >= 4 is 0 Å². The summed E-state index contributed by atoms with van der Waals surface area (Å²) in [6.45, 7) is 7.76. The van der Waals surface area contributed by atoms with Crippen LogP contribution in [0.1, 0.15) is 26.3 Å². The van der Waals surface area contributed by atoms with Crippen molar-refractivity contribution in [3.63, 3.8) is 0 Å². The van der Waals surface area contributed by atoms with Gasteiger partial charge in [-0.1, -0.05) is 39.0 Å². The molecule has 0 heterocycles. The summed E-state index contributed by atoms with van der Waals surface area (Å²) in [5, 5.41) is 28.0. The van der Waals surface area contributed by atoms with E-state index >= 15 is 0 Å². The van der Waals surface area contributed by atoms with Gasteiger partial charge in [0, 0.05) is 19.6 Å². The van der Waals surface area contributed by atoms with Crippen molar-refractivity contribution in [3.05, 3.63) is 29.8 Å². The molecule has 0 saturated carbocycles. The van der Waals surface area contributed by atoms with Crippen molar-refractivity contribution in [1.82, 2.24) is 4.90 Å². The molecule has 0 aliphatic carbocycles. The first-order chi connectivity index (χ1) is 10.4. The van der Waals surface area contributed by atoms with Crippen LogP contribution < -0.4 is 4.74 Å². The van der Waals surface area contributed by atoms with Crippen LogP contribution in [-0.4, -0.2) is 65.8 Å². The number of aliphatic hydroxyl groups excluding tert-OH is 3. The molecule has 0 aromatic heterocycles. The number of ether oxygens (including phenoxy) is 1. The van der Waals surface area contributed by atoms with Crippen LogP contribution >= 0.6 is 0 Å². The Morgan fingerprint density at radius 1 is 1.09 bits per heavy atom. The number of hydrogen-bond donors (Lipinski definition) is 3. The topological polar surface area (TPSA) is 73.2 Å². The first-order valence-electron chi connectivity index (χ1n) is 7.73. The van der Waals surface area contributed by atoms with Crippen LogP contribution in [0, 0.1) is 0 Å².